The Balaban J connectivity index is 1.81. The first kappa shape index (κ1) is 40.7. The first-order valence-corrected chi connectivity index (χ1v) is 19.9. The summed E-state index contributed by atoms with van der Waals surface area (Å²) in [6.45, 7) is 9.07. The van der Waals surface area contributed by atoms with Crippen LogP contribution in [-0.2, 0) is 0 Å². The molecule has 0 N–H and O–H groups in total. The minimum atomic E-state index is 0.726. The minimum Gasteiger partial charge on any atom is -0.494 e. The quantitative estimate of drug-likeness (QED) is 0.0585. The maximum absolute atomic E-state index is 6.30. The van der Waals surface area contributed by atoms with E-state index in [0.29, 0.717) is 0 Å². The summed E-state index contributed by atoms with van der Waals surface area (Å²) in [5.74, 6) is 2.60. The van der Waals surface area contributed by atoms with Gasteiger partial charge in [0.25, 0.3) is 0 Å². The Morgan fingerprint density at radius 3 is 1.30 bits per heavy atom. The molecule has 0 heterocycles. The van der Waals surface area contributed by atoms with Gasteiger partial charge in [-0.3, -0.25) is 4.99 Å². The van der Waals surface area contributed by atoms with Crippen molar-refractivity contribution < 1.29 is 14.2 Å². The number of rotatable bonds is 32. The molecule has 2 rings (SSSR count). The molecule has 0 fully saturated rings. The van der Waals surface area contributed by atoms with Crippen LogP contribution < -0.4 is 14.2 Å². The van der Waals surface area contributed by atoms with Crippen LogP contribution in [0.25, 0.3) is 0 Å². The van der Waals surface area contributed by atoms with E-state index in [9.17, 15) is 0 Å². The number of ether oxygens (including phenoxy) is 3. The molecule has 0 spiro atoms. The average Bonchev–Trinajstić information content (AvgIpc) is 3.09. The lowest BCUT2D eigenvalue weighted by atomic mass is 10.1. The van der Waals surface area contributed by atoms with Crippen LogP contribution in [0.3, 0.4) is 0 Å². The van der Waals surface area contributed by atoms with Crippen molar-refractivity contribution in [3.63, 3.8) is 0 Å². The molecule has 2 aromatic carbocycles. The molecule has 0 atom stereocenters. The lowest BCUT2D eigenvalue weighted by Crippen LogP contribution is -2.03. The van der Waals surface area contributed by atoms with E-state index in [1.54, 1.807) is 0 Å². The van der Waals surface area contributed by atoms with Crippen molar-refractivity contribution in [3.8, 4) is 17.2 Å². The summed E-state index contributed by atoms with van der Waals surface area (Å²) in [4.78, 5) is 4.74. The lowest BCUT2D eigenvalue weighted by Gasteiger charge is -2.14. The van der Waals surface area contributed by atoms with Gasteiger partial charge in [-0.1, -0.05) is 156 Å². The summed E-state index contributed by atoms with van der Waals surface area (Å²) in [6.07, 6.45) is 33.1. The van der Waals surface area contributed by atoms with E-state index < -0.39 is 0 Å². The third-order valence-corrected chi connectivity index (χ3v) is 8.94. The third-order valence-electron chi connectivity index (χ3n) is 8.94. The molecule has 266 valence electrons. The SMILES string of the molecule is CCCCCCCCCCOc1ccc(N=Cc2ccc(OCCCCCCCCCC)c(OCCCCCCCCCC)c2)cc1. The van der Waals surface area contributed by atoms with E-state index in [1.165, 1.54) is 135 Å². The molecule has 0 aromatic heterocycles. The average molecular weight is 650 g/mol. The first-order valence-electron chi connectivity index (χ1n) is 19.9. The summed E-state index contributed by atoms with van der Waals surface area (Å²) in [7, 11) is 0. The van der Waals surface area contributed by atoms with E-state index in [-0.39, 0.29) is 0 Å². The zero-order valence-electron chi connectivity index (χ0n) is 30.9. The highest BCUT2D eigenvalue weighted by Gasteiger charge is 2.07. The van der Waals surface area contributed by atoms with Crippen molar-refractivity contribution >= 4 is 11.9 Å². The number of nitrogens with zero attached hydrogens (tertiary/aromatic N) is 1. The third kappa shape index (κ3) is 21.9. The summed E-state index contributed by atoms with van der Waals surface area (Å²) < 4.78 is 18.5. The van der Waals surface area contributed by atoms with Gasteiger partial charge in [0, 0.05) is 6.21 Å². The first-order chi connectivity index (χ1) is 23.3. The molecule has 0 radical (unpaired) electrons. The van der Waals surface area contributed by atoms with Gasteiger partial charge in [0.15, 0.2) is 11.5 Å². The molecule has 0 unspecified atom stereocenters. The van der Waals surface area contributed by atoms with E-state index in [2.05, 4.69) is 39.0 Å². The standard InChI is InChI=1S/C43H71NO3/c1-4-7-10-13-16-19-22-25-34-45-41-31-29-40(30-32-41)44-38-39-28-33-42(46-35-26-23-20-17-14-11-8-5-2)43(37-39)47-36-27-24-21-18-15-12-9-6-3/h28-33,37-38H,4-27,34-36H2,1-3H3. The molecule has 2 aromatic rings. The molecule has 0 bridgehead atoms. The number of benzene rings is 2. The van der Waals surface area contributed by atoms with E-state index in [4.69, 9.17) is 19.2 Å². The number of hydrogen-bond donors (Lipinski definition) is 0. The Hall–Kier alpha value is -2.49. The summed E-state index contributed by atoms with van der Waals surface area (Å²) in [5.41, 5.74) is 1.94. The normalized spacial score (nSPS) is 11.4. The van der Waals surface area contributed by atoms with Crippen LogP contribution in [0.15, 0.2) is 47.5 Å². The van der Waals surface area contributed by atoms with Crippen LogP contribution in [0.5, 0.6) is 17.2 Å². The maximum atomic E-state index is 6.30. The van der Waals surface area contributed by atoms with Gasteiger partial charge in [0.2, 0.25) is 0 Å². The molecule has 0 amide bonds. The highest BCUT2D eigenvalue weighted by Crippen LogP contribution is 2.29. The van der Waals surface area contributed by atoms with Crippen LogP contribution in [0.2, 0.25) is 0 Å². The fourth-order valence-corrected chi connectivity index (χ4v) is 5.88. The molecule has 4 nitrogen and oxygen atoms in total. The Kier molecular flexibility index (Phi) is 25.7. The Morgan fingerprint density at radius 2 is 0.830 bits per heavy atom. The van der Waals surface area contributed by atoms with Crippen LogP contribution >= 0.6 is 0 Å². The fourth-order valence-electron chi connectivity index (χ4n) is 5.88. The number of aliphatic imine (C=N–C) groups is 1. The van der Waals surface area contributed by atoms with Gasteiger partial charge in [-0.15, -0.1) is 0 Å². The van der Waals surface area contributed by atoms with Crippen molar-refractivity contribution in [2.45, 2.75) is 175 Å². The summed E-state index contributed by atoms with van der Waals surface area (Å²) in [6, 6.07) is 14.3. The molecule has 47 heavy (non-hydrogen) atoms. The predicted molar refractivity (Wildman–Crippen MR) is 204 cm³/mol. The second-order valence-corrected chi connectivity index (χ2v) is 13.4. The van der Waals surface area contributed by atoms with Crippen molar-refractivity contribution in [3.05, 3.63) is 48.0 Å². The molecule has 0 aliphatic rings. The van der Waals surface area contributed by atoms with Gasteiger partial charge < -0.3 is 14.2 Å². The molecule has 4 heteroatoms. The topological polar surface area (TPSA) is 40.0 Å². The second kappa shape index (κ2) is 29.6. The molecule has 0 saturated heterocycles. The van der Waals surface area contributed by atoms with Crippen molar-refractivity contribution in [1.29, 1.82) is 0 Å². The number of unbranched alkanes of at least 4 members (excludes halogenated alkanes) is 21. The maximum Gasteiger partial charge on any atom is 0.161 e. The molecule has 0 aliphatic carbocycles. The Bertz CT molecular complexity index is 1000. The van der Waals surface area contributed by atoms with Gasteiger partial charge in [0.05, 0.1) is 25.5 Å². The van der Waals surface area contributed by atoms with Crippen LogP contribution in [0.4, 0.5) is 5.69 Å². The monoisotopic (exact) mass is 650 g/mol. The molecule has 0 aliphatic heterocycles. The second-order valence-electron chi connectivity index (χ2n) is 13.4. The van der Waals surface area contributed by atoms with Gasteiger partial charge in [-0.05, 0) is 67.3 Å². The predicted octanol–water partition coefficient (Wildman–Crippen LogP) is 14.0. The smallest absolute Gasteiger partial charge is 0.161 e. The largest absolute Gasteiger partial charge is 0.494 e. The van der Waals surface area contributed by atoms with Crippen molar-refractivity contribution in [1.82, 2.24) is 0 Å². The lowest BCUT2D eigenvalue weighted by molar-refractivity contribution is 0.258. The van der Waals surface area contributed by atoms with E-state index >= 15 is 0 Å². The van der Waals surface area contributed by atoms with Crippen LogP contribution in [-0.4, -0.2) is 26.0 Å². The fraction of sp³-hybridized carbons (Fsp3) is 0.698. The summed E-state index contributed by atoms with van der Waals surface area (Å²) >= 11 is 0. The van der Waals surface area contributed by atoms with Crippen molar-refractivity contribution in [2.75, 3.05) is 19.8 Å². The highest BCUT2D eigenvalue weighted by molar-refractivity contribution is 5.83. The van der Waals surface area contributed by atoms with Crippen LogP contribution in [0, 0.1) is 0 Å². The molecular formula is C43H71NO3. The summed E-state index contributed by atoms with van der Waals surface area (Å²) in [5, 5.41) is 0. The van der Waals surface area contributed by atoms with Gasteiger partial charge >= 0.3 is 0 Å². The number of hydrogen-bond acceptors (Lipinski definition) is 4. The van der Waals surface area contributed by atoms with Crippen LogP contribution in [0.1, 0.15) is 180 Å². The van der Waals surface area contributed by atoms with Gasteiger partial charge in [-0.2, -0.15) is 0 Å². The highest BCUT2D eigenvalue weighted by atomic mass is 16.5. The minimum absolute atomic E-state index is 0.726. The van der Waals surface area contributed by atoms with Gasteiger partial charge in [-0.25, -0.2) is 0 Å². The Labute approximate surface area is 290 Å². The van der Waals surface area contributed by atoms with Crippen molar-refractivity contribution in [2.24, 2.45) is 4.99 Å². The van der Waals surface area contributed by atoms with Gasteiger partial charge in [0.1, 0.15) is 5.75 Å². The van der Waals surface area contributed by atoms with E-state index in [0.717, 1.165) is 67.6 Å². The molecular weight excluding hydrogens is 578 g/mol. The van der Waals surface area contributed by atoms with E-state index in [1.807, 2.05) is 30.5 Å². The zero-order chi connectivity index (χ0) is 33.5. The zero-order valence-corrected chi connectivity index (χ0v) is 30.9. The Morgan fingerprint density at radius 1 is 0.426 bits per heavy atom. The molecule has 0 saturated carbocycles.